The van der Waals surface area contributed by atoms with E-state index in [1.54, 1.807) is 0 Å². The Kier molecular flexibility index (Phi) is 5.41. The van der Waals surface area contributed by atoms with Gasteiger partial charge in [0.05, 0.1) is 15.9 Å². The molecule has 0 saturated carbocycles. The van der Waals surface area contributed by atoms with Gasteiger partial charge >= 0.3 is 0 Å². The maximum Gasteiger partial charge on any atom is 0.293 e. The first-order valence-corrected chi connectivity index (χ1v) is 10.6. The summed E-state index contributed by atoms with van der Waals surface area (Å²) < 4.78 is 23.4. The average molecular weight is 410 g/mol. The molecule has 0 bridgehead atoms. The van der Waals surface area contributed by atoms with Crippen LogP contribution in [0.4, 0.5) is 11.4 Å². The SMILES string of the molecule is CN1CCC(Nc2ccc(S(C)(=O)=O)cc2[N+](=O)[O-])C1c1ccc(Cl)cc1. The smallest absolute Gasteiger partial charge is 0.293 e. The molecule has 0 aromatic heterocycles. The van der Waals surface area contributed by atoms with E-state index in [1.807, 2.05) is 31.3 Å². The minimum atomic E-state index is -3.52. The largest absolute Gasteiger partial charge is 0.375 e. The molecule has 2 unspecified atom stereocenters. The normalized spacial score (nSPS) is 20.6. The molecule has 1 N–H and O–H groups in total. The van der Waals surface area contributed by atoms with Gasteiger partial charge in [0.25, 0.3) is 5.69 Å². The van der Waals surface area contributed by atoms with Crippen LogP contribution in [0.5, 0.6) is 0 Å². The van der Waals surface area contributed by atoms with Crippen molar-refractivity contribution in [2.45, 2.75) is 23.4 Å². The number of likely N-dealkylation sites (tertiary alicyclic amines) is 1. The fourth-order valence-corrected chi connectivity index (χ4v) is 4.23. The summed E-state index contributed by atoms with van der Waals surface area (Å²) in [4.78, 5) is 13.0. The number of anilines is 1. The maximum absolute atomic E-state index is 11.7. The van der Waals surface area contributed by atoms with Crippen LogP contribution in [-0.2, 0) is 9.84 Å². The highest BCUT2D eigenvalue weighted by atomic mass is 35.5. The number of nitro benzene ring substituents is 1. The van der Waals surface area contributed by atoms with Crippen LogP contribution < -0.4 is 5.32 Å². The monoisotopic (exact) mass is 409 g/mol. The molecule has 0 aliphatic carbocycles. The second-order valence-electron chi connectivity index (χ2n) is 6.72. The molecule has 0 amide bonds. The van der Waals surface area contributed by atoms with E-state index in [4.69, 9.17) is 11.6 Å². The van der Waals surface area contributed by atoms with Gasteiger partial charge in [-0.15, -0.1) is 0 Å². The summed E-state index contributed by atoms with van der Waals surface area (Å²) in [6, 6.07) is 11.5. The Balaban J connectivity index is 1.93. The van der Waals surface area contributed by atoms with Gasteiger partial charge < -0.3 is 5.32 Å². The van der Waals surface area contributed by atoms with E-state index >= 15 is 0 Å². The lowest BCUT2D eigenvalue weighted by molar-refractivity contribution is -0.384. The Morgan fingerprint density at radius 1 is 1.22 bits per heavy atom. The van der Waals surface area contributed by atoms with Crippen molar-refractivity contribution in [2.75, 3.05) is 25.2 Å². The Morgan fingerprint density at radius 2 is 1.89 bits per heavy atom. The van der Waals surface area contributed by atoms with E-state index in [0.29, 0.717) is 10.7 Å². The molecule has 1 saturated heterocycles. The summed E-state index contributed by atoms with van der Waals surface area (Å²) in [6.45, 7) is 0.834. The number of halogens is 1. The van der Waals surface area contributed by atoms with Gasteiger partial charge in [0.15, 0.2) is 9.84 Å². The highest BCUT2D eigenvalue weighted by Gasteiger charge is 2.34. The number of sulfone groups is 1. The number of hydrogen-bond acceptors (Lipinski definition) is 6. The second kappa shape index (κ2) is 7.46. The fourth-order valence-electron chi connectivity index (χ4n) is 3.46. The molecule has 1 aliphatic rings. The predicted molar refractivity (Wildman–Crippen MR) is 105 cm³/mol. The summed E-state index contributed by atoms with van der Waals surface area (Å²) in [7, 11) is -1.52. The van der Waals surface area contributed by atoms with Crippen LogP contribution in [0.25, 0.3) is 0 Å². The van der Waals surface area contributed by atoms with E-state index in [2.05, 4.69) is 10.2 Å². The summed E-state index contributed by atoms with van der Waals surface area (Å²) in [5.74, 6) is 0. The molecule has 144 valence electrons. The first-order valence-electron chi connectivity index (χ1n) is 8.37. The van der Waals surface area contributed by atoms with E-state index in [-0.39, 0.29) is 22.7 Å². The van der Waals surface area contributed by atoms with Crippen molar-refractivity contribution in [1.29, 1.82) is 0 Å². The van der Waals surface area contributed by atoms with Crippen LogP contribution in [0.15, 0.2) is 47.4 Å². The van der Waals surface area contributed by atoms with Gasteiger partial charge in [-0.2, -0.15) is 0 Å². The third-order valence-corrected chi connectivity index (χ3v) is 6.16. The fraction of sp³-hybridized carbons (Fsp3) is 0.333. The van der Waals surface area contributed by atoms with E-state index in [0.717, 1.165) is 30.9 Å². The highest BCUT2D eigenvalue weighted by Crippen LogP contribution is 2.36. The Labute approximate surface area is 163 Å². The molecule has 1 aliphatic heterocycles. The van der Waals surface area contributed by atoms with Gasteiger partial charge in [-0.05, 0) is 43.3 Å². The first-order chi connectivity index (χ1) is 12.7. The molecule has 0 spiro atoms. The topological polar surface area (TPSA) is 92.6 Å². The number of nitrogens with one attached hydrogen (secondary N) is 1. The zero-order valence-corrected chi connectivity index (χ0v) is 16.5. The van der Waals surface area contributed by atoms with E-state index < -0.39 is 14.8 Å². The zero-order chi connectivity index (χ0) is 19.8. The van der Waals surface area contributed by atoms with Crippen molar-refractivity contribution in [2.24, 2.45) is 0 Å². The number of rotatable bonds is 5. The number of likely N-dealkylation sites (N-methyl/N-ethyl adjacent to an activating group) is 1. The number of nitro groups is 1. The second-order valence-corrected chi connectivity index (χ2v) is 9.18. The minimum absolute atomic E-state index is 0.0245. The standard InChI is InChI=1S/C18H20ClN3O4S/c1-21-10-9-16(18(21)12-3-5-13(19)6-4-12)20-15-8-7-14(27(2,25)26)11-17(15)22(23)24/h3-8,11,16,18,20H,9-10H2,1-2H3. The van der Waals surface area contributed by atoms with Crippen molar-refractivity contribution in [1.82, 2.24) is 4.90 Å². The van der Waals surface area contributed by atoms with Crippen molar-refractivity contribution in [3.8, 4) is 0 Å². The van der Waals surface area contributed by atoms with E-state index in [1.165, 1.54) is 12.1 Å². The molecule has 2 aromatic rings. The van der Waals surface area contributed by atoms with E-state index in [9.17, 15) is 18.5 Å². The van der Waals surface area contributed by atoms with Crippen molar-refractivity contribution >= 4 is 32.8 Å². The third-order valence-electron chi connectivity index (χ3n) is 4.80. The van der Waals surface area contributed by atoms with Gasteiger partial charge in [-0.1, -0.05) is 23.7 Å². The lowest BCUT2D eigenvalue weighted by atomic mass is 10.00. The molecular weight excluding hydrogens is 390 g/mol. The van der Waals surface area contributed by atoms with Gasteiger partial charge in [-0.3, -0.25) is 15.0 Å². The van der Waals surface area contributed by atoms with Crippen LogP contribution in [-0.4, -0.2) is 44.1 Å². The Hall–Kier alpha value is -2.16. The minimum Gasteiger partial charge on any atom is -0.375 e. The summed E-state index contributed by atoms with van der Waals surface area (Å²) in [5, 5.41) is 15.4. The van der Waals surface area contributed by atoms with Crippen LogP contribution in [0.3, 0.4) is 0 Å². The average Bonchev–Trinajstić information content (AvgIpc) is 2.95. The van der Waals surface area contributed by atoms with Crippen LogP contribution >= 0.6 is 11.6 Å². The molecule has 1 heterocycles. The molecule has 27 heavy (non-hydrogen) atoms. The molecule has 1 fully saturated rings. The summed E-state index contributed by atoms with van der Waals surface area (Å²) in [5.41, 5.74) is 1.13. The summed E-state index contributed by atoms with van der Waals surface area (Å²) in [6.07, 6.45) is 1.83. The Morgan fingerprint density at radius 3 is 2.48 bits per heavy atom. The molecule has 3 rings (SSSR count). The van der Waals surface area contributed by atoms with Gasteiger partial charge in [0, 0.05) is 29.9 Å². The molecular formula is C18H20ClN3O4S. The highest BCUT2D eigenvalue weighted by molar-refractivity contribution is 7.90. The predicted octanol–water partition coefficient (Wildman–Crippen LogP) is 3.51. The number of hydrogen-bond donors (Lipinski definition) is 1. The van der Waals surface area contributed by atoms with Crippen LogP contribution in [0.2, 0.25) is 5.02 Å². The van der Waals surface area contributed by atoms with Crippen molar-refractivity contribution in [3.63, 3.8) is 0 Å². The number of benzene rings is 2. The lowest BCUT2D eigenvalue weighted by Gasteiger charge is -2.27. The third kappa shape index (κ3) is 4.23. The van der Waals surface area contributed by atoms with Gasteiger partial charge in [0.2, 0.25) is 0 Å². The van der Waals surface area contributed by atoms with Crippen molar-refractivity contribution < 1.29 is 13.3 Å². The maximum atomic E-state index is 11.7. The molecule has 2 aromatic carbocycles. The van der Waals surface area contributed by atoms with Crippen molar-refractivity contribution in [3.05, 3.63) is 63.2 Å². The van der Waals surface area contributed by atoms with Crippen LogP contribution in [0.1, 0.15) is 18.0 Å². The summed E-state index contributed by atoms with van der Waals surface area (Å²) >= 11 is 5.97. The lowest BCUT2D eigenvalue weighted by Crippen LogP contribution is -2.29. The Bertz CT molecular complexity index is 963. The quantitative estimate of drug-likeness (QED) is 0.600. The molecule has 2 atom stereocenters. The molecule has 7 nitrogen and oxygen atoms in total. The van der Waals surface area contributed by atoms with Gasteiger partial charge in [-0.25, -0.2) is 8.42 Å². The number of nitrogens with zero attached hydrogens (tertiary/aromatic N) is 2. The zero-order valence-electron chi connectivity index (χ0n) is 14.9. The first kappa shape index (κ1) is 19.6. The van der Waals surface area contributed by atoms with Gasteiger partial charge in [0.1, 0.15) is 5.69 Å². The van der Waals surface area contributed by atoms with Crippen LogP contribution in [0, 0.1) is 10.1 Å². The molecule has 0 radical (unpaired) electrons. The molecule has 9 heteroatoms.